The van der Waals surface area contributed by atoms with Crippen LogP contribution in [0.2, 0.25) is 0 Å². The maximum Gasteiger partial charge on any atom is 0.333 e. The molecule has 6 heteroatoms. The molecule has 0 atom stereocenters. The molecule has 0 saturated heterocycles. The number of ether oxygens (including phenoxy) is 1. The smallest absolute Gasteiger partial charge is 0.333 e. The minimum Gasteiger partial charge on any atom is -0.478 e. The van der Waals surface area contributed by atoms with E-state index in [1.807, 2.05) is 48.5 Å². The Morgan fingerprint density at radius 3 is 2.48 bits per heavy atom. The molecule has 2 N–H and O–H groups in total. The summed E-state index contributed by atoms with van der Waals surface area (Å²) >= 11 is 0. The lowest BCUT2D eigenvalue weighted by Crippen LogP contribution is -2.37. The van der Waals surface area contributed by atoms with Crippen LogP contribution in [0.15, 0.2) is 54.1 Å². The minimum atomic E-state index is -0.996. The van der Waals surface area contributed by atoms with Crippen molar-refractivity contribution in [3.8, 4) is 11.1 Å². The minimum absolute atomic E-state index is 0.0474. The summed E-state index contributed by atoms with van der Waals surface area (Å²) in [7, 11) is 3.21. The highest BCUT2D eigenvalue weighted by Gasteiger charge is 2.11. The number of urea groups is 1. The van der Waals surface area contributed by atoms with E-state index in [4.69, 9.17) is 4.74 Å². The number of hydrogen-bond acceptors (Lipinski definition) is 3. The van der Waals surface area contributed by atoms with Crippen LogP contribution in [-0.4, -0.2) is 44.4 Å². The number of unbranched alkanes of at least 4 members (excludes halogenated alkanes) is 1. The van der Waals surface area contributed by atoms with Gasteiger partial charge >= 0.3 is 12.0 Å². The quantitative estimate of drug-likeness (QED) is 0.486. The van der Waals surface area contributed by atoms with Crippen molar-refractivity contribution >= 4 is 23.8 Å². The molecule has 0 aliphatic carbocycles. The van der Waals surface area contributed by atoms with Gasteiger partial charge in [0.1, 0.15) is 0 Å². The molecular formula is C23H28N2O4. The van der Waals surface area contributed by atoms with Crippen molar-refractivity contribution in [2.75, 3.05) is 32.2 Å². The van der Waals surface area contributed by atoms with Crippen molar-refractivity contribution in [3.05, 3.63) is 59.7 Å². The van der Waals surface area contributed by atoms with Gasteiger partial charge in [0.15, 0.2) is 0 Å². The molecule has 154 valence electrons. The largest absolute Gasteiger partial charge is 0.478 e. The molecule has 0 aliphatic rings. The number of nitrogens with one attached hydrogen (secondary N) is 1. The summed E-state index contributed by atoms with van der Waals surface area (Å²) in [5.74, 6) is -0.996. The van der Waals surface area contributed by atoms with Gasteiger partial charge in [-0.2, -0.15) is 0 Å². The number of carbonyl (C=O) groups is 2. The van der Waals surface area contributed by atoms with Crippen molar-refractivity contribution in [3.63, 3.8) is 0 Å². The van der Waals surface area contributed by atoms with E-state index in [1.54, 1.807) is 18.0 Å². The third-order valence-corrected chi connectivity index (χ3v) is 4.50. The zero-order valence-electron chi connectivity index (χ0n) is 17.1. The highest BCUT2D eigenvalue weighted by Crippen LogP contribution is 2.25. The van der Waals surface area contributed by atoms with E-state index in [0.29, 0.717) is 6.54 Å². The molecule has 29 heavy (non-hydrogen) atoms. The van der Waals surface area contributed by atoms with Gasteiger partial charge in [-0.15, -0.1) is 0 Å². The normalized spacial score (nSPS) is 11.2. The van der Waals surface area contributed by atoms with Crippen LogP contribution in [0.5, 0.6) is 0 Å². The SMILES string of the molecule is CCCCNC(=O)N(C)c1cccc(-c2ccc(/C=C(/COC)C(=O)O)cc2)c1. The van der Waals surface area contributed by atoms with Crippen LogP contribution in [-0.2, 0) is 9.53 Å². The van der Waals surface area contributed by atoms with Crippen LogP contribution in [0.4, 0.5) is 10.5 Å². The molecule has 0 radical (unpaired) electrons. The number of anilines is 1. The zero-order chi connectivity index (χ0) is 21.2. The number of carboxylic acid groups (broad SMARTS) is 1. The first kappa shape index (κ1) is 22.2. The fraction of sp³-hybridized carbons (Fsp3) is 0.304. The number of hydrogen-bond donors (Lipinski definition) is 2. The Kier molecular flexibility index (Phi) is 8.43. The molecule has 0 spiro atoms. The van der Waals surface area contributed by atoms with Gasteiger partial charge in [0.05, 0.1) is 12.2 Å². The van der Waals surface area contributed by atoms with Crippen LogP contribution in [0, 0.1) is 0 Å². The van der Waals surface area contributed by atoms with E-state index in [9.17, 15) is 14.7 Å². The number of benzene rings is 2. The fourth-order valence-electron chi connectivity index (χ4n) is 2.80. The summed E-state index contributed by atoms with van der Waals surface area (Å²) in [5.41, 5.74) is 3.73. The van der Waals surface area contributed by atoms with Crippen molar-refractivity contribution < 1.29 is 19.4 Å². The van der Waals surface area contributed by atoms with Crippen molar-refractivity contribution in [1.29, 1.82) is 0 Å². The molecular weight excluding hydrogens is 368 g/mol. The lowest BCUT2D eigenvalue weighted by molar-refractivity contribution is -0.133. The summed E-state index contributed by atoms with van der Waals surface area (Å²) in [5, 5.41) is 12.1. The van der Waals surface area contributed by atoms with Crippen LogP contribution in [0.3, 0.4) is 0 Å². The predicted molar refractivity (Wildman–Crippen MR) is 116 cm³/mol. The maximum atomic E-state index is 12.3. The summed E-state index contributed by atoms with van der Waals surface area (Å²) < 4.78 is 4.93. The third-order valence-electron chi connectivity index (χ3n) is 4.50. The molecule has 0 unspecified atom stereocenters. The average molecular weight is 396 g/mol. The molecule has 2 aromatic carbocycles. The van der Waals surface area contributed by atoms with E-state index in [0.717, 1.165) is 35.2 Å². The molecule has 0 aromatic heterocycles. The molecule has 0 heterocycles. The van der Waals surface area contributed by atoms with Gasteiger partial charge in [-0.3, -0.25) is 4.90 Å². The number of nitrogens with zero attached hydrogens (tertiary/aromatic N) is 1. The molecule has 0 bridgehead atoms. The predicted octanol–water partition coefficient (Wildman–Crippen LogP) is 4.41. The first-order valence-corrected chi connectivity index (χ1v) is 9.61. The van der Waals surface area contributed by atoms with Crippen LogP contribution < -0.4 is 10.2 Å². The summed E-state index contributed by atoms with van der Waals surface area (Å²) in [6.45, 7) is 2.79. The van der Waals surface area contributed by atoms with Crippen LogP contribution in [0.25, 0.3) is 17.2 Å². The number of carbonyl (C=O) groups excluding carboxylic acids is 1. The van der Waals surface area contributed by atoms with E-state index in [2.05, 4.69) is 12.2 Å². The van der Waals surface area contributed by atoms with Gasteiger partial charge in [-0.25, -0.2) is 9.59 Å². The van der Waals surface area contributed by atoms with Crippen LogP contribution >= 0.6 is 0 Å². The topological polar surface area (TPSA) is 78.9 Å². The zero-order valence-corrected chi connectivity index (χ0v) is 17.1. The van der Waals surface area contributed by atoms with Crippen molar-refractivity contribution in [2.45, 2.75) is 19.8 Å². The molecule has 6 nitrogen and oxygen atoms in total. The lowest BCUT2D eigenvalue weighted by Gasteiger charge is -2.19. The van der Waals surface area contributed by atoms with E-state index in [-0.39, 0.29) is 18.2 Å². The Morgan fingerprint density at radius 2 is 1.86 bits per heavy atom. The number of aliphatic carboxylic acids is 1. The van der Waals surface area contributed by atoms with Crippen molar-refractivity contribution in [2.24, 2.45) is 0 Å². The first-order valence-electron chi connectivity index (χ1n) is 9.61. The highest BCUT2D eigenvalue weighted by atomic mass is 16.5. The Hall–Kier alpha value is -3.12. The Balaban J connectivity index is 2.17. The second-order valence-corrected chi connectivity index (χ2v) is 6.72. The molecule has 0 saturated carbocycles. The van der Waals surface area contributed by atoms with Gasteiger partial charge in [0.25, 0.3) is 0 Å². The summed E-state index contributed by atoms with van der Waals surface area (Å²) in [6, 6.07) is 15.2. The Morgan fingerprint density at radius 1 is 1.14 bits per heavy atom. The Bertz CT molecular complexity index is 859. The van der Waals surface area contributed by atoms with Gasteiger partial charge in [0, 0.05) is 26.4 Å². The molecule has 2 rings (SSSR count). The van der Waals surface area contributed by atoms with E-state index in [1.165, 1.54) is 7.11 Å². The molecule has 0 aliphatic heterocycles. The molecule has 2 amide bonds. The fourth-order valence-corrected chi connectivity index (χ4v) is 2.80. The maximum absolute atomic E-state index is 12.3. The van der Waals surface area contributed by atoms with Gasteiger partial charge in [-0.1, -0.05) is 49.7 Å². The number of rotatable bonds is 9. The van der Waals surface area contributed by atoms with E-state index < -0.39 is 5.97 Å². The molecule has 0 fully saturated rings. The second-order valence-electron chi connectivity index (χ2n) is 6.72. The average Bonchev–Trinajstić information content (AvgIpc) is 2.73. The van der Waals surface area contributed by atoms with Gasteiger partial charge in [-0.05, 0) is 41.3 Å². The van der Waals surface area contributed by atoms with Crippen LogP contribution in [0.1, 0.15) is 25.3 Å². The molecule has 2 aromatic rings. The number of methoxy groups -OCH3 is 1. The van der Waals surface area contributed by atoms with Gasteiger partial charge in [0.2, 0.25) is 0 Å². The first-order chi connectivity index (χ1) is 14.0. The van der Waals surface area contributed by atoms with Gasteiger partial charge < -0.3 is 15.2 Å². The van der Waals surface area contributed by atoms with E-state index >= 15 is 0 Å². The monoisotopic (exact) mass is 396 g/mol. The second kappa shape index (κ2) is 11.0. The highest BCUT2D eigenvalue weighted by molar-refractivity contribution is 5.93. The summed E-state index contributed by atoms with van der Waals surface area (Å²) in [4.78, 5) is 25.1. The number of amides is 2. The third kappa shape index (κ3) is 6.47. The van der Waals surface area contributed by atoms with Crippen molar-refractivity contribution in [1.82, 2.24) is 5.32 Å². The number of carboxylic acids is 1. The lowest BCUT2D eigenvalue weighted by atomic mass is 10.0. The Labute approximate surface area is 171 Å². The summed E-state index contributed by atoms with van der Waals surface area (Å²) in [6.07, 6.45) is 3.58. The standard InChI is InChI=1S/C23H28N2O4/c1-4-5-13-24-23(28)25(2)21-8-6-7-19(15-21)18-11-9-17(10-12-18)14-20(16-29-3)22(26)27/h6-12,14-15H,4-5,13,16H2,1-3H3,(H,24,28)(H,26,27)/b20-14-.